The Kier molecular flexibility index (Phi) is 6.30. The number of aliphatic hydroxyl groups is 1. The van der Waals surface area contributed by atoms with Crippen LogP contribution >= 0.6 is 0 Å². The van der Waals surface area contributed by atoms with Gasteiger partial charge in [-0.2, -0.15) is 14.8 Å². The number of aliphatic hydroxyl groups excluding tert-OH is 1. The number of phenols is 1. The van der Waals surface area contributed by atoms with Crippen molar-refractivity contribution in [3.8, 4) is 5.75 Å². The minimum Gasteiger partial charge on any atom is -0.508 e. The van der Waals surface area contributed by atoms with Gasteiger partial charge in [0, 0.05) is 6.54 Å². The van der Waals surface area contributed by atoms with E-state index in [0.717, 1.165) is 5.56 Å². The van der Waals surface area contributed by atoms with Gasteiger partial charge in [0.2, 0.25) is 11.8 Å². The Labute approximate surface area is 203 Å². The van der Waals surface area contributed by atoms with E-state index in [9.17, 15) is 15.0 Å². The summed E-state index contributed by atoms with van der Waals surface area (Å²) in [5.74, 6) is 0.771. The van der Waals surface area contributed by atoms with Gasteiger partial charge in [-0.15, -0.1) is 10.2 Å². The molecule has 1 aliphatic rings. The predicted octanol–water partition coefficient (Wildman–Crippen LogP) is -0.0523. The summed E-state index contributed by atoms with van der Waals surface area (Å²) in [7, 11) is 0. The first-order valence-corrected chi connectivity index (χ1v) is 11.2. The predicted molar refractivity (Wildman–Crippen MR) is 123 cm³/mol. The molecular formula is C21H24N10O5. The highest BCUT2D eigenvalue weighted by Crippen LogP contribution is 2.40. The smallest absolute Gasteiger partial charge is 0.293 e. The summed E-state index contributed by atoms with van der Waals surface area (Å²) >= 11 is 0. The zero-order valence-corrected chi connectivity index (χ0v) is 19.2. The lowest BCUT2D eigenvalue weighted by Crippen LogP contribution is -2.31. The molecule has 4 heterocycles. The van der Waals surface area contributed by atoms with Crippen molar-refractivity contribution in [2.45, 2.75) is 44.4 Å². The van der Waals surface area contributed by atoms with Gasteiger partial charge in [-0.25, -0.2) is 4.98 Å². The number of anilines is 2. The molecule has 1 saturated heterocycles. The first-order chi connectivity index (χ1) is 17.5. The zero-order valence-electron chi connectivity index (χ0n) is 19.2. The van der Waals surface area contributed by atoms with Gasteiger partial charge >= 0.3 is 0 Å². The molecule has 0 bridgehead atoms. The number of hydrogen-bond donors (Lipinski definition) is 4. The molecule has 0 spiro atoms. The molecule has 1 fully saturated rings. The molecule has 188 valence electrons. The van der Waals surface area contributed by atoms with Gasteiger partial charge in [0.25, 0.3) is 6.47 Å². The summed E-state index contributed by atoms with van der Waals surface area (Å²) in [6.07, 6.45) is -2.29. The minimum atomic E-state index is -1.28. The standard InChI is InChI=1S/C21H24N10O5/c1-2-31-28-18(27-29-31)16-15(35-10-32)14(34)20(36-16)30-9-24-13-17(22)25-21(26-19(13)30)23-8-7-11-3-5-12(33)6-4-11/h3-6,9-10,14-16,20,33-34H,2,7-8H2,1H3,(H3,22,23,25,26)/t14-,15+,16+,20-/m1/s1. The van der Waals surface area contributed by atoms with E-state index in [1.165, 1.54) is 15.7 Å². The normalized spacial score (nSPS) is 21.6. The monoisotopic (exact) mass is 496 g/mol. The lowest BCUT2D eigenvalue weighted by molar-refractivity contribution is -0.140. The van der Waals surface area contributed by atoms with E-state index < -0.39 is 24.5 Å². The van der Waals surface area contributed by atoms with Crippen molar-refractivity contribution in [2.24, 2.45) is 0 Å². The Morgan fingerprint density at radius 2 is 2.08 bits per heavy atom. The van der Waals surface area contributed by atoms with E-state index in [1.807, 2.05) is 19.1 Å². The van der Waals surface area contributed by atoms with Crippen molar-refractivity contribution < 1.29 is 24.5 Å². The van der Waals surface area contributed by atoms with Crippen LogP contribution in [0.5, 0.6) is 5.75 Å². The summed E-state index contributed by atoms with van der Waals surface area (Å²) in [5, 5.41) is 35.6. The summed E-state index contributed by atoms with van der Waals surface area (Å²) in [5.41, 5.74) is 7.77. The topological polar surface area (TPSA) is 201 Å². The molecule has 1 aliphatic heterocycles. The number of nitrogen functional groups attached to an aromatic ring is 1. The number of fused-ring (bicyclic) bond motifs is 1. The molecule has 36 heavy (non-hydrogen) atoms. The third-order valence-corrected chi connectivity index (χ3v) is 5.79. The van der Waals surface area contributed by atoms with E-state index in [0.29, 0.717) is 30.7 Å². The quantitative estimate of drug-likeness (QED) is 0.225. The lowest BCUT2D eigenvalue weighted by Gasteiger charge is -2.17. The number of carbonyl (C=O) groups is 1. The third kappa shape index (κ3) is 4.36. The number of ether oxygens (including phenoxy) is 2. The van der Waals surface area contributed by atoms with Crippen LogP contribution in [-0.4, -0.2) is 75.2 Å². The minimum absolute atomic E-state index is 0.142. The van der Waals surface area contributed by atoms with E-state index >= 15 is 0 Å². The fourth-order valence-electron chi connectivity index (χ4n) is 3.99. The second kappa shape index (κ2) is 9.71. The van der Waals surface area contributed by atoms with Gasteiger partial charge in [0.1, 0.15) is 17.4 Å². The number of nitrogens with two attached hydrogens (primary N) is 1. The number of nitrogens with zero attached hydrogens (tertiary/aromatic N) is 8. The molecular weight excluding hydrogens is 472 g/mol. The number of rotatable bonds is 9. The van der Waals surface area contributed by atoms with Crippen molar-refractivity contribution in [1.29, 1.82) is 0 Å². The molecule has 0 aliphatic carbocycles. The highest BCUT2D eigenvalue weighted by molar-refractivity contribution is 5.83. The number of phenolic OH excluding ortho intramolecular Hbond substituents is 1. The van der Waals surface area contributed by atoms with Crippen LogP contribution in [0.25, 0.3) is 11.2 Å². The SMILES string of the molecule is CCn1nnc([C@H]2O[C@@H](n3cnc4c(N)nc(NCCc5ccc(O)cc5)nc43)[C@H](O)[C@@H]2OC=O)n1. The van der Waals surface area contributed by atoms with E-state index in [1.54, 1.807) is 12.1 Å². The molecule has 5 rings (SSSR count). The van der Waals surface area contributed by atoms with Crippen LogP contribution < -0.4 is 11.1 Å². The zero-order chi connectivity index (χ0) is 25.2. The fourth-order valence-corrected chi connectivity index (χ4v) is 3.99. The largest absolute Gasteiger partial charge is 0.508 e. The Balaban J connectivity index is 1.40. The van der Waals surface area contributed by atoms with Crippen molar-refractivity contribution in [3.63, 3.8) is 0 Å². The lowest BCUT2D eigenvalue weighted by atomic mass is 10.1. The van der Waals surface area contributed by atoms with Crippen LogP contribution in [0, 0.1) is 0 Å². The highest BCUT2D eigenvalue weighted by atomic mass is 16.6. The Morgan fingerprint density at radius 3 is 2.81 bits per heavy atom. The maximum Gasteiger partial charge on any atom is 0.293 e. The van der Waals surface area contributed by atoms with E-state index in [2.05, 4.69) is 35.7 Å². The van der Waals surface area contributed by atoms with Crippen molar-refractivity contribution in [1.82, 2.24) is 39.7 Å². The average molecular weight is 496 g/mol. The fraction of sp³-hybridized carbons (Fsp3) is 0.381. The van der Waals surface area contributed by atoms with Gasteiger partial charge in [0.05, 0.1) is 12.9 Å². The Hall–Kier alpha value is -4.37. The number of nitrogens with one attached hydrogen (secondary N) is 1. The maximum absolute atomic E-state index is 11.1. The van der Waals surface area contributed by atoms with E-state index in [4.69, 9.17) is 15.2 Å². The molecule has 15 nitrogen and oxygen atoms in total. The number of imidazole rings is 1. The van der Waals surface area contributed by atoms with E-state index in [-0.39, 0.29) is 29.8 Å². The van der Waals surface area contributed by atoms with Crippen LogP contribution in [-0.2, 0) is 27.2 Å². The summed E-state index contributed by atoms with van der Waals surface area (Å²) in [6, 6.07) is 6.89. The van der Waals surface area contributed by atoms with Crippen LogP contribution in [0.1, 0.15) is 30.6 Å². The number of carbonyl (C=O) groups excluding carboxylic acids is 1. The number of aromatic nitrogens is 8. The summed E-state index contributed by atoms with van der Waals surface area (Å²) < 4.78 is 12.7. The van der Waals surface area contributed by atoms with Gasteiger partial charge in [-0.05, 0) is 36.3 Å². The highest BCUT2D eigenvalue weighted by Gasteiger charge is 2.49. The first-order valence-electron chi connectivity index (χ1n) is 11.2. The summed E-state index contributed by atoms with van der Waals surface area (Å²) in [4.78, 5) is 25.5. The second-order valence-corrected chi connectivity index (χ2v) is 8.07. The molecule has 0 amide bonds. The third-order valence-electron chi connectivity index (χ3n) is 5.79. The number of benzene rings is 1. The molecule has 4 aromatic rings. The number of tetrazole rings is 1. The van der Waals surface area contributed by atoms with Crippen molar-refractivity contribution in [3.05, 3.63) is 42.0 Å². The Morgan fingerprint density at radius 1 is 1.28 bits per heavy atom. The molecule has 15 heteroatoms. The molecule has 0 unspecified atom stereocenters. The molecule has 0 saturated carbocycles. The Bertz CT molecular complexity index is 1360. The molecule has 1 aromatic carbocycles. The van der Waals surface area contributed by atoms with Gasteiger partial charge in [0.15, 0.2) is 29.9 Å². The van der Waals surface area contributed by atoms with Gasteiger partial charge < -0.3 is 30.7 Å². The average Bonchev–Trinajstić information content (AvgIpc) is 3.59. The van der Waals surface area contributed by atoms with Crippen LogP contribution in [0.2, 0.25) is 0 Å². The second-order valence-electron chi connectivity index (χ2n) is 8.07. The van der Waals surface area contributed by atoms with Crippen LogP contribution in [0.15, 0.2) is 30.6 Å². The maximum atomic E-state index is 11.1. The first kappa shape index (κ1) is 23.4. The molecule has 4 atom stereocenters. The number of aromatic hydroxyl groups is 1. The van der Waals surface area contributed by atoms with Crippen LogP contribution in [0.4, 0.5) is 11.8 Å². The molecule has 0 radical (unpaired) electrons. The summed E-state index contributed by atoms with van der Waals surface area (Å²) in [6.45, 7) is 3.06. The van der Waals surface area contributed by atoms with Crippen molar-refractivity contribution in [2.75, 3.05) is 17.6 Å². The van der Waals surface area contributed by atoms with Gasteiger partial charge in [-0.3, -0.25) is 9.36 Å². The molecule has 5 N–H and O–H groups in total. The number of hydrogen-bond acceptors (Lipinski definition) is 13. The van der Waals surface area contributed by atoms with Crippen molar-refractivity contribution >= 4 is 29.4 Å². The molecule has 3 aromatic heterocycles. The van der Waals surface area contributed by atoms with Crippen LogP contribution in [0.3, 0.4) is 0 Å². The number of aryl methyl sites for hydroxylation is 1. The van der Waals surface area contributed by atoms with Gasteiger partial charge in [-0.1, -0.05) is 12.1 Å².